The first kappa shape index (κ1) is 9.45. The fraction of sp³-hybridized carbons (Fsp3) is 0.222. The van der Waals surface area contributed by atoms with E-state index in [1.54, 1.807) is 30.1 Å². The Labute approximate surface area is 86.7 Å². The highest BCUT2D eigenvalue weighted by molar-refractivity contribution is 5.59. The average molecular weight is 205 g/mol. The van der Waals surface area contributed by atoms with Crippen LogP contribution in [0.15, 0.2) is 18.3 Å². The van der Waals surface area contributed by atoms with Crippen LogP contribution in [0.25, 0.3) is 11.4 Å². The Morgan fingerprint density at radius 2 is 2.20 bits per heavy atom. The van der Waals surface area contributed by atoms with Gasteiger partial charge in [-0.3, -0.25) is 0 Å². The number of rotatable bonds is 2. The highest BCUT2D eigenvalue weighted by Gasteiger charge is 2.08. The van der Waals surface area contributed by atoms with Gasteiger partial charge in [0, 0.05) is 7.05 Å². The molecule has 78 valence electrons. The molecule has 0 aromatic carbocycles. The molecule has 0 aliphatic carbocycles. The first-order valence-electron chi connectivity index (χ1n) is 4.38. The van der Waals surface area contributed by atoms with Gasteiger partial charge in [-0.15, -0.1) is 5.10 Å². The van der Waals surface area contributed by atoms with Crippen molar-refractivity contribution in [2.45, 2.75) is 0 Å². The summed E-state index contributed by atoms with van der Waals surface area (Å²) in [6, 6.07) is 3.55. The number of nitrogens with zero attached hydrogens (tertiary/aromatic N) is 4. The zero-order chi connectivity index (χ0) is 10.8. The molecule has 0 fully saturated rings. The maximum Gasteiger partial charge on any atom is 0.237 e. The Hall–Kier alpha value is -2.11. The second-order valence-corrected chi connectivity index (χ2v) is 3.04. The Morgan fingerprint density at radius 1 is 1.40 bits per heavy atom. The minimum atomic E-state index is 0.411. The third kappa shape index (κ3) is 1.61. The van der Waals surface area contributed by atoms with E-state index in [1.807, 2.05) is 0 Å². The van der Waals surface area contributed by atoms with Crippen molar-refractivity contribution in [1.29, 1.82) is 0 Å². The van der Waals surface area contributed by atoms with Crippen LogP contribution in [0.1, 0.15) is 0 Å². The maximum atomic E-state index is 5.67. The Balaban J connectivity index is 2.51. The molecule has 0 amide bonds. The lowest BCUT2D eigenvalue weighted by atomic mass is 10.2. The van der Waals surface area contributed by atoms with Crippen molar-refractivity contribution in [2.75, 3.05) is 12.8 Å². The summed E-state index contributed by atoms with van der Waals surface area (Å²) < 4.78 is 6.67. The van der Waals surface area contributed by atoms with Crippen molar-refractivity contribution in [3.8, 4) is 17.3 Å². The van der Waals surface area contributed by atoms with E-state index >= 15 is 0 Å². The zero-order valence-corrected chi connectivity index (χ0v) is 8.51. The Morgan fingerprint density at radius 3 is 2.80 bits per heavy atom. The van der Waals surface area contributed by atoms with Gasteiger partial charge in [0.25, 0.3) is 0 Å². The van der Waals surface area contributed by atoms with Gasteiger partial charge in [0.05, 0.1) is 24.7 Å². The van der Waals surface area contributed by atoms with Crippen LogP contribution in [0, 0.1) is 0 Å². The van der Waals surface area contributed by atoms with Crippen LogP contribution in [0.5, 0.6) is 5.88 Å². The number of nitrogen functional groups attached to an aromatic ring is 1. The summed E-state index contributed by atoms with van der Waals surface area (Å²) in [7, 11) is 3.33. The number of hydrogen-bond donors (Lipinski definition) is 1. The first-order chi connectivity index (χ1) is 7.22. The molecule has 0 aliphatic heterocycles. The molecule has 0 bridgehead atoms. The molecule has 15 heavy (non-hydrogen) atoms. The monoisotopic (exact) mass is 205 g/mol. The van der Waals surface area contributed by atoms with Gasteiger partial charge in [0.1, 0.15) is 5.69 Å². The van der Waals surface area contributed by atoms with Crippen molar-refractivity contribution in [1.82, 2.24) is 20.0 Å². The van der Waals surface area contributed by atoms with Crippen LogP contribution in [0.2, 0.25) is 0 Å². The molecule has 0 atom stereocenters. The lowest BCUT2D eigenvalue weighted by molar-refractivity contribution is 0.400. The van der Waals surface area contributed by atoms with E-state index in [1.165, 1.54) is 7.11 Å². The number of nitrogens with two attached hydrogens (primary N) is 1. The number of hydrogen-bond acceptors (Lipinski definition) is 5. The fourth-order valence-corrected chi connectivity index (χ4v) is 1.28. The van der Waals surface area contributed by atoms with E-state index in [9.17, 15) is 0 Å². The lowest BCUT2D eigenvalue weighted by Crippen LogP contribution is -1.99. The molecule has 2 heterocycles. The summed E-state index contributed by atoms with van der Waals surface area (Å²) in [5, 5.41) is 7.60. The maximum absolute atomic E-state index is 5.67. The summed E-state index contributed by atoms with van der Waals surface area (Å²) >= 11 is 0. The van der Waals surface area contributed by atoms with Gasteiger partial charge in [-0.05, 0) is 12.1 Å². The number of methoxy groups -OCH3 is 1. The van der Waals surface area contributed by atoms with E-state index in [4.69, 9.17) is 10.5 Å². The third-order valence-electron chi connectivity index (χ3n) is 2.06. The number of ether oxygens (including phenoxy) is 1. The summed E-state index contributed by atoms with van der Waals surface area (Å²) in [5.41, 5.74) is 7.72. The fourth-order valence-electron chi connectivity index (χ4n) is 1.28. The molecule has 2 aromatic heterocycles. The minimum absolute atomic E-state index is 0.411. The predicted octanol–water partition coefficient (Wildman–Crippen LogP) is 0.468. The predicted molar refractivity (Wildman–Crippen MR) is 55.2 cm³/mol. The van der Waals surface area contributed by atoms with Gasteiger partial charge < -0.3 is 10.5 Å². The molecule has 0 saturated carbocycles. The van der Waals surface area contributed by atoms with Crippen molar-refractivity contribution >= 4 is 5.69 Å². The smallest absolute Gasteiger partial charge is 0.237 e. The molecule has 6 heteroatoms. The molecule has 0 saturated heterocycles. The largest absolute Gasteiger partial charge is 0.480 e. The van der Waals surface area contributed by atoms with Gasteiger partial charge in [-0.1, -0.05) is 5.21 Å². The topological polar surface area (TPSA) is 78.9 Å². The second-order valence-electron chi connectivity index (χ2n) is 3.04. The molecule has 0 radical (unpaired) electrons. The molecular weight excluding hydrogens is 194 g/mol. The van der Waals surface area contributed by atoms with Crippen molar-refractivity contribution < 1.29 is 4.74 Å². The van der Waals surface area contributed by atoms with Gasteiger partial charge in [0.15, 0.2) is 0 Å². The molecule has 2 N–H and O–H groups in total. The second kappa shape index (κ2) is 3.56. The normalized spacial score (nSPS) is 10.3. The highest BCUT2D eigenvalue weighted by Crippen LogP contribution is 2.23. The number of pyridine rings is 1. The number of aromatic nitrogens is 4. The number of aryl methyl sites for hydroxylation is 1. The molecule has 2 rings (SSSR count). The van der Waals surface area contributed by atoms with Gasteiger partial charge >= 0.3 is 0 Å². The standard InChI is InChI=1S/C9H11N5O/c1-14-8(5-11-13-14)7-4-3-6(10)9(12-7)15-2/h3-5H,10H2,1-2H3. The first-order valence-corrected chi connectivity index (χ1v) is 4.38. The van der Waals surface area contributed by atoms with E-state index in [0.29, 0.717) is 11.6 Å². The molecule has 6 nitrogen and oxygen atoms in total. The van der Waals surface area contributed by atoms with Crippen molar-refractivity contribution in [3.63, 3.8) is 0 Å². The lowest BCUT2D eigenvalue weighted by Gasteiger charge is -2.05. The van der Waals surface area contributed by atoms with Crippen LogP contribution >= 0.6 is 0 Å². The van der Waals surface area contributed by atoms with Crippen molar-refractivity contribution in [2.24, 2.45) is 7.05 Å². The summed E-state index contributed by atoms with van der Waals surface area (Å²) in [5.74, 6) is 0.411. The molecule has 0 aliphatic rings. The minimum Gasteiger partial charge on any atom is -0.480 e. The molecule has 0 unspecified atom stereocenters. The number of anilines is 1. The van der Waals surface area contributed by atoms with Gasteiger partial charge in [0.2, 0.25) is 5.88 Å². The average Bonchev–Trinajstić information content (AvgIpc) is 2.65. The Bertz CT molecular complexity index is 479. The van der Waals surface area contributed by atoms with Crippen molar-refractivity contribution in [3.05, 3.63) is 18.3 Å². The van der Waals surface area contributed by atoms with Crippen LogP contribution in [0.4, 0.5) is 5.69 Å². The van der Waals surface area contributed by atoms with Gasteiger partial charge in [-0.25, -0.2) is 9.67 Å². The molecule has 0 spiro atoms. The van der Waals surface area contributed by atoms with Crippen LogP contribution < -0.4 is 10.5 Å². The Kier molecular flexibility index (Phi) is 2.24. The van der Waals surface area contributed by atoms with E-state index in [-0.39, 0.29) is 0 Å². The summed E-state index contributed by atoms with van der Waals surface area (Å²) in [4.78, 5) is 4.25. The zero-order valence-electron chi connectivity index (χ0n) is 8.51. The van der Waals surface area contributed by atoms with E-state index < -0.39 is 0 Å². The SMILES string of the molecule is COc1nc(-c2cnnn2C)ccc1N. The third-order valence-corrected chi connectivity index (χ3v) is 2.06. The quantitative estimate of drug-likeness (QED) is 0.770. The summed E-state index contributed by atoms with van der Waals surface area (Å²) in [6.45, 7) is 0. The summed E-state index contributed by atoms with van der Waals surface area (Å²) in [6.07, 6.45) is 1.64. The van der Waals surface area contributed by atoms with E-state index in [0.717, 1.165) is 11.4 Å². The highest BCUT2D eigenvalue weighted by atomic mass is 16.5. The molecule has 2 aromatic rings. The van der Waals surface area contributed by atoms with Crippen LogP contribution in [-0.2, 0) is 7.05 Å². The molecular formula is C9H11N5O. The van der Waals surface area contributed by atoms with Crippen LogP contribution in [0.3, 0.4) is 0 Å². The van der Waals surface area contributed by atoms with Crippen LogP contribution in [-0.4, -0.2) is 27.1 Å². The van der Waals surface area contributed by atoms with E-state index in [2.05, 4.69) is 15.3 Å². The van der Waals surface area contributed by atoms with Gasteiger partial charge in [-0.2, -0.15) is 0 Å².